The molecule has 2 aromatic rings. The predicted molar refractivity (Wildman–Crippen MR) is 71.6 cm³/mol. The van der Waals surface area contributed by atoms with E-state index in [-0.39, 0.29) is 5.12 Å². The third-order valence-electron chi connectivity index (χ3n) is 2.34. The molecule has 0 saturated heterocycles. The lowest BCUT2D eigenvalue weighted by Crippen LogP contribution is -2.10. The first-order chi connectivity index (χ1) is 8.66. The molecule has 0 heterocycles. The fourth-order valence-corrected chi connectivity index (χ4v) is 2.25. The Kier molecular flexibility index (Phi) is 3.79. The Bertz CT molecular complexity index is 581. The number of nitrogens with two attached hydrogens (primary N) is 1. The summed E-state index contributed by atoms with van der Waals surface area (Å²) in [5.74, 6) is -0.496. The number of rotatable bonds is 3. The van der Waals surface area contributed by atoms with Crippen molar-refractivity contribution in [2.24, 2.45) is 5.73 Å². The molecule has 0 radical (unpaired) electrons. The Morgan fingerprint density at radius 1 is 0.889 bits per heavy atom. The molecule has 0 aliphatic carbocycles. The highest BCUT2D eigenvalue weighted by Gasteiger charge is 2.08. The van der Waals surface area contributed by atoms with Gasteiger partial charge in [0.15, 0.2) is 0 Å². The van der Waals surface area contributed by atoms with Crippen molar-refractivity contribution in [3.8, 4) is 0 Å². The number of thioether (sulfide) groups is 1. The molecular formula is C14H11NO2S. The molecule has 90 valence electrons. The monoisotopic (exact) mass is 257 g/mol. The number of carbonyl (C=O) groups is 2. The molecule has 2 N–H and O–H groups in total. The van der Waals surface area contributed by atoms with Crippen LogP contribution in [0.1, 0.15) is 20.7 Å². The molecule has 0 aromatic heterocycles. The summed E-state index contributed by atoms with van der Waals surface area (Å²) < 4.78 is 0. The van der Waals surface area contributed by atoms with E-state index in [0.29, 0.717) is 16.0 Å². The van der Waals surface area contributed by atoms with Gasteiger partial charge in [0, 0.05) is 16.0 Å². The second-order valence-corrected chi connectivity index (χ2v) is 4.69. The summed E-state index contributed by atoms with van der Waals surface area (Å²) in [6.07, 6.45) is 0. The summed E-state index contributed by atoms with van der Waals surface area (Å²) >= 11 is 1.08. The van der Waals surface area contributed by atoms with Crippen LogP contribution in [-0.2, 0) is 0 Å². The summed E-state index contributed by atoms with van der Waals surface area (Å²) in [5, 5.41) is -0.0581. The summed E-state index contributed by atoms with van der Waals surface area (Å²) in [6.45, 7) is 0. The van der Waals surface area contributed by atoms with Crippen molar-refractivity contribution in [1.82, 2.24) is 0 Å². The first-order valence-corrected chi connectivity index (χ1v) is 6.15. The van der Waals surface area contributed by atoms with Crippen LogP contribution in [0.25, 0.3) is 0 Å². The highest BCUT2D eigenvalue weighted by atomic mass is 32.2. The summed E-state index contributed by atoms with van der Waals surface area (Å²) in [4.78, 5) is 23.7. The molecule has 1 amide bonds. The van der Waals surface area contributed by atoms with Crippen LogP contribution in [0.2, 0.25) is 0 Å². The van der Waals surface area contributed by atoms with Crippen LogP contribution >= 0.6 is 11.8 Å². The van der Waals surface area contributed by atoms with E-state index in [1.807, 2.05) is 18.2 Å². The molecule has 2 aromatic carbocycles. The van der Waals surface area contributed by atoms with Crippen molar-refractivity contribution >= 4 is 22.8 Å². The van der Waals surface area contributed by atoms with Gasteiger partial charge in [-0.2, -0.15) is 0 Å². The van der Waals surface area contributed by atoms with Gasteiger partial charge in [0.2, 0.25) is 11.0 Å². The lowest BCUT2D eigenvalue weighted by Gasteiger charge is -2.02. The minimum atomic E-state index is -0.496. The van der Waals surface area contributed by atoms with Gasteiger partial charge < -0.3 is 5.73 Å². The minimum absolute atomic E-state index is 0.0581. The largest absolute Gasteiger partial charge is 0.366 e. The Balaban J connectivity index is 2.17. The lowest BCUT2D eigenvalue weighted by molar-refractivity contribution is 0.0999. The second kappa shape index (κ2) is 5.51. The molecule has 0 aliphatic heterocycles. The van der Waals surface area contributed by atoms with Crippen molar-refractivity contribution in [3.05, 3.63) is 65.7 Å². The van der Waals surface area contributed by atoms with E-state index in [0.717, 1.165) is 11.8 Å². The van der Waals surface area contributed by atoms with E-state index in [2.05, 4.69) is 0 Å². The zero-order chi connectivity index (χ0) is 13.0. The Hall–Kier alpha value is -2.07. The SMILES string of the molecule is NC(=O)c1cccc(SC(=O)c2ccccc2)c1. The summed E-state index contributed by atoms with van der Waals surface area (Å²) in [5.41, 5.74) is 6.23. The zero-order valence-electron chi connectivity index (χ0n) is 9.50. The smallest absolute Gasteiger partial charge is 0.248 e. The standard InChI is InChI=1S/C14H11NO2S/c15-13(16)11-7-4-8-12(9-11)18-14(17)10-5-2-1-3-6-10/h1-9H,(H2,15,16). The van der Waals surface area contributed by atoms with Gasteiger partial charge in [-0.15, -0.1) is 0 Å². The molecule has 3 nitrogen and oxygen atoms in total. The first kappa shape index (κ1) is 12.4. The Morgan fingerprint density at radius 2 is 1.56 bits per heavy atom. The molecule has 0 saturated carbocycles. The molecule has 4 heteroatoms. The average molecular weight is 257 g/mol. The van der Waals surface area contributed by atoms with Crippen LogP contribution in [0.5, 0.6) is 0 Å². The summed E-state index contributed by atoms with van der Waals surface area (Å²) in [7, 11) is 0. The Morgan fingerprint density at radius 3 is 2.22 bits per heavy atom. The van der Waals surface area contributed by atoms with E-state index in [9.17, 15) is 9.59 Å². The van der Waals surface area contributed by atoms with Gasteiger partial charge in [0.1, 0.15) is 0 Å². The van der Waals surface area contributed by atoms with Crippen LogP contribution in [-0.4, -0.2) is 11.0 Å². The van der Waals surface area contributed by atoms with Crippen LogP contribution < -0.4 is 5.73 Å². The van der Waals surface area contributed by atoms with Crippen molar-refractivity contribution in [2.75, 3.05) is 0 Å². The minimum Gasteiger partial charge on any atom is -0.366 e. The summed E-state index contributed by atoms with van der Waals surface area (Å²) in [6, 6.07) is 15.7. The lowest BCUT2D eigenvalue weighted by atomic mass is 10.2. The molecule has 0 fully saturated rings. The fourth-order valence-electron chi connectivity index (χ4n) is 1.45. The van der Waals surface area contributed by atoms with E-state index >= 15 is 0 Å². The molecule has 0 aliphatic rings. The van der Waals surface area contributed by atoms with Crippen molar-refractivity contribution in [3.63, 3.8) is 0 Å². The van der Waals surface area contributed by atoms with Gasteiger partial charge in [-0.3, -0.25) is 9.59 Å². The maximum Gasteiger partial charge on any atom is 0.248 e. The quantitative estimate of drug-likeness (QED) is 0.860. The normalized spacial score (nSPS) is 10.0. The Labute approximate surface area is 109 Å². The van der Waals surface area contributed by atoms with Gasteiger partial charge in [0.25, 0.3) is 0 Å². The molecule has 0 bridgehead atoms. The third kappa shape index (κ3) is 2.99. The average Bonchev–Trinajstić information content (AvgIpc) is 2.40. The first-order valence-electron chi connectivity index (χ1n) is 5.34. The van der Waals surface area contributed by atoms with E-state index in [1.165, 1.54) is 0 Å². The van der Waals surface area contributed by atoms with Crippen molar-refractivity contribution < 1.29 is 9.59 Å². The van der Waals surface area contributed by atoms with Crippen LogP contribution in [0.4, 0.5) is 0 Å². The number of primary amides is 1. The van der Waals surface area contributed by atoms with Crippen molar-refractivity contribution in [1.29, 1.82) is 0 Å². The number of carbonyl (C=O) groups excluding carboxylic acids is 2. The molecule has 0 unspecified atom stereocenters. The van der Waals surface area contributed by atoms with E-state index in [4.69, 9.17) is 5.73 Å². The topological polar surface area (TPSA) is 60.2 Å². The maximum atomic E-state index is 11.9. The third-order valence-corrected chi connectivity index (χ3v) is 3.25. The fraction of sp³-hybridized carbons (Fsp3) is 0. The van der Waals surface area contributed by atoms with E-state index in [1.54, 1.807) is 36.4 Å². The second-order valence-electron chi connectivity index (χ2n) is 3.65. The molecule has 0 spiro atoms. The molecule has 0 atom stereocenters. The van der Waals surface area contributed by atoms with Crippen LogP contribution in [0, 0.1) is 0 Å². The molecule has 18 heavy (non-hydrogen) atoms. The van der Waals surface area contributed by atoms with Gasteiger partial charge in [-0.05, 0) is 30.0 Å². The van der Waals surface area contributed by atoms with Gasteiger partial charge in [-0.1, -0.05) is 36.4 Å². The molecule has 2 rings (SSSR count). The predicted octanol–water partition coefficient (Wildman–Crippen LogP) is 2.72. The number of hydrogen-bond acceptors (Lipinski definition) is 3. The number of benzene rings is 2. The van der Waals surface area contributed by atoms with Gasteiger partial charge in [0.05, 0.1) is 0 Å². The maximum absolute atomic E-state index is 11.9. The van der Waals surface area contributed by atoms with E-state index < -0.39 is 5.91 Å². The molecular weight excluding hydrogens is 246 g/mol. The highest BCUT2D eigenvalue weighted by molar-refractivity contribution is 8.14. The number of hydrogen-bond donors (Lipinski definition) is 1. The highest BCUT2D eigenvalue weighted by Crippen LogP contribution is 2.23. The van der Waals surface area contributed by atoms with Crippen molar-refractivity contribution in [2.45, 2.75) is 4.90 Å². The van der Waals surface area contributed by atoms with Gasteiger partial charge in [-0.25, -0.2) is 0 Å². The van der Waals surface area contributed by atoms with Gasteiger partial charge >= 0.3 is 0 Å². The van der Waals surface area contributed by atoms with Crippen LogP contribution in [0.3, 0.4) is 0 Å². The zero-order valence-corrected chi connectivity index (χ0v) is 10.3. The number of amides is 1. The van der Waals surface area contributed by atoms with Crippen LogP contribution in [0.15, 0.2) is 59.5 Å².